The number of ether oxygens (including phenoxy) is 1. The second kappa shape index (κ2) is 15.1. The van der Waals surface area contributed by atoms with Crippen molar-refractivity contribution in [3.8, 4) is 5.75 Å². The van der Waals surface area contributed by atoms with Crippen molar-refractivity contribution in [2.45, 2.75) is 97.4 Å². The van der Waals surface area contributed by atoms with Gasteiger partial charge >= 0.3 is 6.09 Å². The molecule has 0 fully saturated rings. The van der Waals surface area contributed by atoms with Gasteiger partial charge in [0.05, 0.1) is 0 Å². The second-order valence-electron chi connectivity index (χ2n) is 11.0. The van der Waals surface area contributed by atoms with Crippen LogP contribution in [-0.4, -0.2) is 52.1 Å². The number of carbonyl (C=O) groups is 3. The summed E-state index contributed by atoms with van der Waals surface area (Å²) in [7, 11) is 0. The number of alkyl carbamates (subject to hydrolysis) is 1. The molecule has 3 atom stereocenters. The van der Waals surface area contributed by atoms with Crippen LogP contribution in [0.5, 0.6) is 5.75 Å². The van der Waals surface area contributed by atoms with Crippen molar-refractivity contribution in [3.05, 3.63) is 65.7 Å². The van der Waals surface area contributed by atoms with Gasteiger partial charge in [0.25, 0.3) is 0 Å². The molecule has 3 N–H and O–H groups in total. The first-order valence-corrected chi connectivity index (χ1v) is 13.9. The van der Waals surface area contributed by atoms with E-state index in [9.17, 15) is 19.5 Å². The number of hydrogen-bond donors (Lipinski definition) is 3. The summed E-state index contributed by atoms with van der Waals surface area (Å²) in [6.07, 6.45) is 2.66. The highest BCUT2D eigenvalue weighted by molar-refractivity contribution is 5.92. The number of aromatic hydroxyl groups is 1. The first-order valence-electron chi connectivity index (χ1n) is 13.9. The van der Waals surface area contributed by atoms with E-state index in [4.69, 9.17) is 4.74 Å². The zero-order valence-electron chi connectivity index (χ0n) is 24.2. The fourth-order valence-corrected chi connectivity index (χ4v) is 4.39. The smallest absolute Gasteiger partial charge is 0.408 e. The van der Waals surface area contributed by atoms with Crippen molar-refractivity contribution < 1.29 is 24.2 Å². The SMILES string of the molecule is CCCCN(C(=O)C(Cc1ccccc1)NC(=O)OC(C)(C)C)C(C(=O)NC(C)CCC)c1cccc(O)c1. The number of rotatable bonds is 13. The molecular formula is C31H45N3O5. The monoisotopic (exact) mass is 539 g/mol. The van der Waals surface area contributed by atoms with Crippen LogP contribution >= 0.6 is 0 Å². The van der Waals surface area contributed by atoms with Gasteiger partial charge in [0.1, 0.15) is 23.4 Å². The Labute approximate surface area is 233 Å². The zero-order valence-corrected chi connectivity index (χ0v) is 24.2. The molecule has 214 valence electrons. The summed E-state index contributed by atoms with van der Waals surface area (Å²) in [4.78, 5) is 42.4. The molecule has 0 bridgehead atoms. The van der Waals surface area contributed by atoms with Gasteiger partial charge in [-0.3, -0.25) is 9.59 Å². The maximum Gasteiger partial charge on any atom is 0.408 e. The van der Waals surface area contributed by atoms with Crippen LogP contribution in [-0.2, 0) is 20.7 Å². The number of nitrogens with one attached hydrogen (secondary N) is 2. The van der Waals surface area contributed by atoms with Gasteiger partial charge in [-0.15, -0.1) is 0 Å². The van der Waals surface area contributed by atoms with Crippen LogP contribution in [0.2, 0.25) is 0 Å². The first kappa shape index (κ1) is 31.7. The van der Waals surface area contributed by atoms with Crippen LogP contribution in [0.25, 0.3) is 0 Å². The molecule has 0 radical (unpaired) electrons. The van der Waals surface area contributed by atoms with Gasteiger partial charge < -0.3 is 25.4 Å². The summed E-state index contributed by atoms with van der Waals surface area (Å²) in [6.45, 7) is 11.6. The minimum atomic E-state index is -0.992. The Kier molecular flexibility index (Phi) is 12.3. The molecule has 2 aromatic rings. The van der Waals surface area contributed by atoms with E-state index in [2.05, 4.69) is 10.6 Å². The molecule has 0 saturated carbocycles. The van der Waals surface area contributed by atoms with Gasteiger partial charge in [-0.1, -0.05) is 69.2 Å². The molecule has 2 aromatic carbocycles. The van der Waals surface area contributed by atoms with E-state index in [0.29, 0.717) is 18.5 Å². The molecule has 0 heterocycles. The molecule has 0 aromatic heterocycles. The third-order valence-corrected chi connectivity index (χ3v) is 6.16. The molecule has 0 aliphatic heterocycles. The van der Waals surface area contributed by atoms with Crippen LogP contribution in [0.4, 0.5) is 4.79 Å². The predicted molar refractivity (Wildman–Crippen MR) is 153 cm³/mol. The molecule has 39 heavy (non-hydrogen) atoms. The van der Waals surface area contributed by atoms with Gasteiger partial charge in [0, 0.05) is 19.0 Å². The highest BCUT2D eigenvalue weighted by atomic mass is 16.6. The summed E-state index contributed by atoms with van der Waals surface area (Å²) >= 11 is 0. The Bertz CT molecular complexity index is 1070. The molecule has 0 aliphatic rings. The first-order chi connectivity index (χ1) is 18.4. The minimum Gasteiger partial charge on any atom is -0.508 e. The van der Waals surface area contributed by atoms with Gasteiger partial charge in [-0.2, -0.15) is 0 Å². The lowest BCUT2D eigenvalue weighted by Gasteiger charge is -2.35. The van der Waals surface area contributed by atoms with Crippen LogP contribution in [0.1, 0.15) is 84.4 Å². The third-order valence-electron chi connectivity index (χ3n) is 6.16. The molecule has 8 nitrogen and oxygen atoms in total. The fourth-order valence-electron chi connectivity index (χ4n) is 4.39. The van der Waals surface area contributed by atoms with E-state index < -0.39 is 29.7 Å². The van der Waals surface area contributed by atoms with Gasteiger partial charge in [-0.05, 0) is 63.8 Å². The predicted octanol–water partition coefficient (Wildman–Crippen LogP) is 5.50. The second-order valence-corrected chi connectivity index (χ2v) is 11.0. The van der Waals surface area contributed by atoms with Gasteiger partial charge in [0.15, 0.2) is 0 Å². The lowest BCUT2D eigenvalue weighted by molar-refractivity contribution is -0.142. The molecule has 0 aliphatic carbocycles. The molecule has 8 heteroatoms. The van der Waals surface area contributed by atoms with Crippen molar-refractivity contribution in [1.82, 2.24) is 15.5 Å². The highest BCUT2D eigenvalue weighted by Gasteiger charge is 2.36. The summed E-state index contributed by atoms with van der Waals surface area (Å²) in [5.74, 6) is -0.728. The standard InChI is InChI=1S/C31H45N3O5/c1-7-9-19-34(27(24-17-13-18-25(35)21-24)28(36)32-22(3)14-8-2)29(37)26(20-23-15-11-10-12-16-23)33-30(38)39-31(4,5)6/h10-13,15-18,21-22,26-27,35H,7-9,14,19-20H2,1-6H3,(H,32,36)(H,33,38). The number of phenolic OH excluding ortho intramolecular Hbond substituents is 1. The summed E-state index contributed by atoms with van der Waals surface area (Å²) in [5, 5.41) is 16.0. The Morgan fingerprint density at radius 2 is 1.67 bits per heavy atom. The molecule has 0 spiro atoms. The van der Waals surface area contributed by atoms with E-state index in [1.54, 1.807) is 32.9 Å². The molecular weight excluding hydrogens is 494 g/mol. The highest BCUT2D eigenvalue weighted by Crippen LogP contribution is 2.27. The lowest BCUT2D eigenvalue weighted by atomic mass is 9.99. The number of hydrogen-bond acceptors (Lipinski definition) is 5. The van der Waals surface area contributed by atoms with E-state index in [1.165, 1.54) is 17.0 Å². The normalized spacial score (nSPS) is 13.6. The fraction of sp³-hybridized carbons (Fsp3) is 0.516. The molecule has 3 unspecified atom stereocenters. The van der Waals surface area contributed by atoms with Gasteiger partial charge in [-0.25, -0.2) is 4.79 Å². The van der Waals surface area contributed by atoms with Crippen molar-refractivity contribution in [2.24, 2.45) is 0 Å². The lowest BCUT2D eigenvalue weighted by Crippen LogP contribution is -2.54. The van der Waals surface area contributed by atoms with E-state index in [-0.39, 0.29) is 24.1 Å². The van der Waals surface area contributed by atoms with E-state index in [0.717, 1.165) is 24.8 Å². The zero-order chi connectivity index (χ0) is 29.0. The summed E-state index contributed by atoms with van der Waals surface area (Å²) in [5.41, 5.74) is 0.611. The van der Waals surface area contributed by atoms with Crippen molar-refractivity contribution in [1.29, 1.82) is 0 Å². The number of unbranched alkanes of at least 4 members (excludes halogenated alkanes) is 1. The maximum atomic E-state index is 14.3. The van der Waals surface area contributed by atoms with Crippen LogP contribution in [0.3, 0.4) is 0 Å². The Morgan fingerprint density at radius 1 is 0.974 bits per heavy atom. The average molecular weight is 540 g/mol. The average Bonchev–Trinajstić information content (AvgIpc) is 2.85. The van der Waals surface area contributed by atoms with Crippen LogP contribution in [0.15, 0.2) is 54.6 Å². The van der Waals surface area contributed by atoms with Crippen LogP contribution < -0.4 is 10.6 Å². The Hall–Kier alpha value is -3.55. The van der Waals surface area contributed by atoms with Crippen LogP contribution in [0, 0.1) is 0 Å². The van der Waals surface area contributed by atoms with Crippen molar-refractivity contribution in [2.75, 3.05) is 6.54 Å². The van der Waals surface area contributed by atoms with Crippen molar-refractivity contribution in [3.63, 3.8) is 0 Å². The number of carbonyl (C=O) groups excluding carboxylic acids is 3. The van der Waals surface area contributed by atoms with E-state index in [1.807, 2.05) is 51.1 Å². The minimum absolute atomic E-state index is 0.00233. The summed E-state index contributed by atoms with van der Waals surface area (Å²) in [6, 6.07) is 13.8. The van der Waals surface area contributed by atoms with E-state index >= 15 is 0 Å². The number of phenols is 1. The molecule has 0 saturated heterocycles. The van der Waals surface area contributed by atoms with Gasteiger partial charge in [0.2, 0.25) is 11.8 Å². The molecule has 2 rings (SSSR count). The quantitative estimate of drug-likeness (QED) is 0.311. The Morgan fingerprint density at radius 3 is 2.26 bits per heavy atom. The topological polar surface area (TPSA) is 108 Å². The number of nitrogens with zero attached hydrogens (tertiary/aromatic N) is 1. The Balaban J connectivity index is 2.53. The maximum absolute atomic E-state index is 14.3. The number of benzene rings is 2. The number of amides is 3. The summed E-state index contributed by atoms with van der Waals surface area (Å²) < 4.78 is 5.47. The van der Waals surface area contributed by atoms with Crippen molar-refractivity contribution >= 4 is 17.9 Å². The molecule has 3 amide bonds. The largest absolute Gasteiger partial charge is 0.508 e. The third kappa shape index (κ3) is 10.6.